The second kappa shape index (κ2) is 4.42. The number of nitrogen functional groups attached to an aromatic ring is 1. The number of benzene rings is 1. The summed E-state index contributed by atoms with van der Waals surface area (Å²) in [5.74, 6) is -0.565. The molecule has 1 heterocycles. The minimum Gasteiger partial charge on any atom is -0.382 e. The van der Waals surface area contributed by atoms with Gasteiger partial charge in [0.2, 0.25) is 0 Å². The van der Waals surface area contributed by atoms with Gasteiger partial charge in [-0.3, -0.25) is 4.79 Å². The number of halogens is 1. The molecule has 88 valence electrons. The molecule has 0 saturated heterocycles. The van der Waals surface area contributed by atoms with Gasteiger partial charge in [0.05, 0.1) is 6.54 Å². The standard InChI is InChI=1S/C10H10ClN5O/c11-7-4-2-1-3-6(7)5-16-9(12)8(10(13)17)14-15-16/h1-4H,5,12H2,(H2,13,17). The van der Waals surface area contributed by atoms with E-state index in [9.17, 15) is 4.79 Å². The Labute approximate surface area is 102 Å². The van der Waals surface area contributed by atoms with Crippen LogP contribution in [0.15, 0.2) is 24.3 Å². The van der Waals surface area contributed by atoms with Gasteiger partial charge in [0.15, 0.2) is 11.5 Å². The number of carbonyl (C=O) groups is 1. The zero-order valence-electron chi connectivity index (χ0n) is 8.80. The van der Waals surface area contributed by atoms with Gasteiger partial charge < -0.3 is 11.5 Å². The average molecular weight is 252 g/mol. The van der Waals surface area contributed by atoms with E-state index in [0.717, 1.165) is 5.56 Å². The molecule has 6 nitrogen and oxygen atoms in total. The number of hydrogen-bond acceptors (Lipinski definition) is 4. The first-order valence-corrected chi connectivity index (χ1v) is 5.19. The van der Waals surface area contributed by atoms with E-state index < -0.39 is 5.91 Å². The molecule has 2 aromatic rings. The normalized spacial score (nSPS) is 10.4. The third-order valence-electron chi connectivity index (χ3n) is 2.28. The summed E-state index contributed by atoms with van der Waals surface area (Å²) in [7, 11) is 0. The minimum absolute atomic E-state index is 0.0305. The summed E-state index contributed by atoms with van der Waals surface area (Å²) in [5, 5.41) is 7.97. The van der Waals surface area contributed by atoms with Gasteiger partial charge in [-0.1, -0.05) is 35.0 Å². The highest BCUT2D eigenvalue weighted by Crippen LogP contribution is 2.17. The lowest BCUT2D eigenvalue weighted by molar-refractivity contribution is 0.0996. The fraction of sp³-hybridized carbons (Fsp3) is 0.100. The highest BCUT2D eigenvalue weighted by molar-refractivity contribution is 6.31. The van der Waals surface area contributed by atoms with Gasteiger partial charge in [0.1, 0.15) is 0 Å². The maximum absolute atomic E-state index is 11.0. The Morgan fingerprint density at radius 1 is 1.41 bits per heavy atom. The van der Waals surface area contributed by atoms with Crippen LogP contribution in [0.25, 0.3) is 0 Å². The van der Waals surface area contributed by atoms with Crippen molar-refractivity contribution in [2.24, 2.45) is 5.73 Å². The van der Waals surface area contributed by atoms with Crippen molar-refractivity contribution in [3.05, 3.63) is 40.5 Å². The fourth-order valence-electron chi connectivity index (χ4n) is 1.40. The van der Waals surface area contributed by atoms with Gasteiger partial charge in [-0.2, -0.15) is 0 Å². The first kappa shape index (κ1) is 11.4. The smallest absolute Gasteiger partial charge is 0.273 e. The number of primary amides is 1. The topological polar surface area (TPSA) is 99.8 Å². The Kier molecular flexibility index (Phi) is 2.97. The predicted octanol–water partition coefficient (Wildman–Crippen LogP) is 0.661. The lowest BCUT2D eigenvalue weighted by Gasteiger charge is -2.05. The number of hydrogen-bond donors (Lipinski definition) is 2. The summed E-state index contributed by atoms with van der Waals surface area (Å²) in [6.45, 7) is 0.339. The van der Waals surface area contributed by atoms with Crippen LogP contribution in [0.2, 0.25) is 5.02 Å². The predicted molar refractivity (Wildman–Crippen MR) is 63.5 cm³/mol. The van der Waals surface area contributed by atoms with Crippen LogP contribution in [0, 0.1) is 0 Å². The molecule has 1 aromatic heterocycles. The van der Waals surface area contributed by atoms with Crippen molar-refractivity contribution in [1.29, 1.82) is 0 Å². The maximum Gasteiger partial charge on any atom is 0.273 e. The number of anilines is 1. The average Bonchev–Trinajstić information content (AvgIpc) is 2.64. The molecular weight excluding hydrogens is 242 g/mol. The molecule has 1 amide bonds. The van der Waals surface area contributed by atoms with E-state index in [1.165, 1.54) is 4.68 Å². The molecule has 17 heavy (non-hydrogen) atoms. The van der Waals surface area contributed by atoms with Crippen LogP contribution in [0.1, 0.15) is 16.1 Å². The summed E-state index contributed by atoms with van der Waals surface area (Å²) in [6, 6.07) is 7.28. The summed E-state index contributed by atoms with van der Waals surface area (Å²) in [5.41, 5.74) is 11.6. The Hall–Kier alpha value is -2.08. The Morgan fingerprint density at radius 3 is 2.71 bits per heavy atom. The van der Waals surface area contributed by atoms with E-state index in [4.69, 9.17) is 23.1 Å². The van der Waals surface area contributed by atoms with Crippen LogP contribution in [0.5, 0.6) is 0 Å². The van der Waals surface area contributed by atoms with E-state index in [1.54, 1.807) is 6.07 Å². The summed E-state index contributed by atoms with van der Waals surface area (Å²) in [4.78, 5) is 11.0. The Bertz CT molecular complexity index is 566. The van der Waals surface area contributed by atoms with Gasteiger partial charge in [-0.15, -0.1) is 5.10 Å². The number of nitrogens with zero attached hydrogens (tertiary/aromatic N) is 3. The van der Waals surface area contributed by atoms with Crippen LogP contribution < -0.4 is 11.5 Å². The molecule has 0 aliphatic rings. The lowest BCUT2D eigenvalue weighted by atomic mass is 10.2. The number of amides is 1. The summed E-state index contributed by atoms with van der Waals surface area (Å²) in [6.07, 6.45) is 0. The number of rotatable bonds is 3. The van der Waals surface area contributed by atoms with Crippen LogP contribution in [0.4, 0.5) is 5.82 Å². The molecule has 0 fully saturated rings. The van der Waals surface area contributed by atoms with Gasteiger partial charge >= 0.3 is 0 Å². The van der Waals surface area contributed by atoms with Crippen molar-refractivity contribution in [3.63, 3.8) is 0 Å². The van der Waals surface area contributed by atoms with Gasteiger partial charge in [-0.25, -0.2) is 4.68 Å². The second-order valence-electron chi connectivity index (χ2n) is 3.44. The van der Waals surface area contributed by atoms with Crippen molar-refractivity contribution in [3.8, 4) is 0 Å². The largest absolute Gasteiger partial charge is 0.382 e. The SMILES string of the molecule is NC(=O)c1nnn(Cc2ccccc2Cl)c1N. The van der Waals surface area contributed by atoms with Gasteiger partial charge in [-0.05, 0) is 11.6 Å². The van der Waals surface area contributed by atoms with Crippen molar-refractivity contribution in [2.75, 3.05) is 5.73 Å². The second-order valence-corrected chi connectivity index (χ2v) is 3.84. The molecule has 0 radical (unpaired) electrons. The Morgan fingerprint density at radius 2 is 2.12 bits per heavy atom. The highest BCUT2D eigenvalue weighted by Gasteiger charge is 2.14. The highest BCUT2D eigenvalue weighted by atomic mass is 35.5. The Balaban J connectivity index is 2.31. The quantitative estimate of drug-likeness (QED) is 0.837. The molecule has 0 unspecified atom stereocenters. The van der Waals surface area contributed by atoms with Crippen LogP contribution >= 0.6 is 11.6 Å². The molecule has 0 aliphatic heterocycles. The van der Waals surface area contributed by atoms with Crippen LogP contribution in [0.3, 0.4) is 0 Å². The van der Waals surface area contributed by atoms with Crippen molar-refractivity contribution in [2.45, 2.75) is 6.54 Å². The molecule has 0 saturated carbocycles. The third-order valence-corrected chi connectivity index (χ3v) is 2.65. The van der Waals surface area contributed by atoms with E-state index in [2.05, 4.69) is 10.3 Å². The van der Waals surface area contributed by atoms with E-state index in [0.29, 0.717) is 11.6 Å². The maximum atomic E-state index is 11.0. The van der Waals surface area contributed by atoms with Gasteiger partial charge in [0.25, 0.3) is 5.91 Å². The molecule has 7 heteroatoms. The van der Waals surface area contributed by atoms with Crippen LogP contribution in [-0.4, -0.2) is 20.9 Å². The molecular formula is C10H10ClN5O. The summed E-state index contributed by atoms with van der Waals surface area (Å²) >= 11 is 6.00. The van der Waals surface area contributed by atoms with Crippen molar-refractivity contribution in [1.82, 2.24) is 15.0 Å². The van der Waals surface area contributed by atoms with Crippen molar-refractivity contribution < 1.29 is 4.79 Å². The molecule has 4 N–H and O–H groups in total. The fourth-order valence-corrected chi connectivity index (χ4v) is 1.60. The third kappa shape index (κ3) is 2.21. The zero-order chi connectivity index (χ0) is 12.4. The first-order chi connectivity index (χ1) is 8.09. The zero-order valence-corrected chi connectivity index (χ0v) is 9.55. The van der Waals surface area contributed by atoms with E-state index in [1.807, 2.05) is 18.2 Å². The van der Waals surface area contributed by atoms with Gasteiger partial charge in [0, 0.05) is 5.02 Å². The molecule has 1 aromatic carbocycles. The molecule has 2 rings (SSSR count). The molecule has 0 aliphatic carbocycles. The minimum atomic E-state index is -0.701. The monoisotopic (exact) mass is 251 g/mol. The molecule has 0 atom stereocenters. The number of aromatic nitrogens is 3. The van der Waals surface area contributed by atoms with Crippen LogP contribution in [-0.2, 0) is 6.54 Å². The van der Waals surface area contributed by atoms with E-state index >= 15 is 0 Å². The van der Waals surface area contributed by atoms with E-state index in [-0.39, 0.29) is 11.5 Å². The van der Waals surface area contributed by atoms with Crippen molar-refractivity contribution >= 4 is 23.3 Å². The number of nitrogens with two attached hydrogens (primary N) is 2. The number of carbonyl (C=O) groups excluding carboxylic acids is 1. The molecule has 0 spiro atoms. The lowest BCUT2D eigenvalue weighted by Crippen LogP contribution is -2.15. The first-order valence-electron chi connectivity index (χ1n) is 4.81. The molecule has 0 bridgehead atoms. The summed E-state index contributed by atoms with van der Waals surface area (Å²) < 4.78 is 1.38.